The highest BCUT2D eigenvalue weighted by molar-refractivity contribution is 6.29. The molecule has 6 heteroatoms. The summed E-state index contributed by atoms with van der Waals surface area (Å²) in [5, 5.41) is 4.81. The lowest BCUT2D eigenvalue weighted by atomic mass is 10.3. The quantitative estimate of drug-likeness (QED) is 0.532. The van der Waals surface area contributed by atoms with Crippen molar-refractivity contribution in [1.82, 2.24) is 19.3 Å². The summed E-state index contributed by atoms with van der Waals surface area (Å²) in [4.78, 5) is 17.2. The fraction of sp³-hybridized carbons (Fsp3) is 0. The van der Waals surface area contributed by atoms with Gasteiger partial charge in [-0.2, -0.15) is 10.1 Å². The van der Waals surface area contributed by atoms with E-state index in [2.05, 4.69) is 10.1 Å². The summed E-state index contributed by atoms with van der Waals surface area (Å²) >= 11 is 6.27. The van der Waals surface area contributed by atoms with E-state index in [1.807, 2.05) is 60.7 Å². The molecular formula is C17H11ClN4O. The second-order valence-electron chi connectivity index (χ2n) is 4.99. The second-order valence-corrected chi connectivity index (χ2v) is 5.32. The molecule has 0 saturated carbocycles. The van der Waals surface area contributed by atoms with Gasteiger partial charge in [0.2, 0.25) is 5.28 Å². The Morgan fingerprint density at radius 2 is 1.48 bits per heavy atom. The third kappa shape index (κ3) is 2.22. The minimum absolute atomic E-state index is 0.103. The van der Waals surface area contributed by atoms with Gasteiger partial charge >= 0.3 is 0 Å². The van der Waals surface area contributed by atoms with Gasteiger partial charge in [0, 0.05) is 0 Å². The predicted octanol–water partition coefficient (Wildman–Crippen LogP) is 3.22. The molecule has 0 N–H and O–H groups in total. The van der Waals surface area contributed by atoms with Crippen LogP contribution in [0.25, 0.3) is 22.4 Å². The maximum Gasteiger partial charge on any atom is 0.270 e. The first-order chi connectivity index (χ1) is 11.3. The summed E-state index contributed by atoms with van der Waals surface area (Å²) in [6, 6.07) is 18.7. The van der Waals surface area contributed by atoms with E-state index in [0.717, 1.165) is 5.69 Å². The molecule has 0 saturated heterocycles. The van der Waals surface area contributed by atoms with Crippen molar-refractivity contribution in [2.75, 3.05) is 0 Å². The molecule has 0 spiro atoms. The van der Waals surface area contributed by atoms with Gasteiger partial charge in [0.15, 0.2) is 5.65 Å². The number of nitrogens with zero attached hydrogens (tertiary/aromatic N) is 4. The van der Waals surface area contributed by atoms with Gasteiger partial charge in [-0.3, -0.25) is 9.36 Å². The fourth-order valence-electron chi connectivity index (χ4n) is 2.50. The molecule has 0 unspecified atom stereocenters. The predicted molar refractivity (Wildman–Crippen MR) is 89.5 cm³/mol. The van der Waals surface area contributed by atoms with Gasteiger partial charge in [0.05, 0.1) is 17.6 Å². The molecule has 2 aromatic carbocycles. The van der Waals surface area contributed by atoms with Crippen molar-refractivity contribution in [1.29, 1.82) is 0 Å². The molecule has 0 radical (unpaired) electrons. The molecule has 2 heterocycles. The average Bonchev–Trinajstić information content (AvgIpc) is 3.00. The van der Waals surface area contributed by atoms with Crippen LogP contribution < -0.4 is 5.56 Å². The number of para-hydroxylation sites is 2. The minimum Gasteiger partial charge on any atom is -0.268 e. The Labute approximate surface area is 136 Å². The van der Waals surface area contributed by atoms with Crippen molar-refractivity contribution >= 4 is 22.6 Å². The van der Waals surface area contributed by atoms with E-state index in [1.165, 1.54) is 10.8 Å². The van der Waals surface area contributed by atoms with Crippen LogP contribution >= 0.6 is 11.6 Å². The Hall–Kier alpha value is -2.92. The molecule has 4 aromatic rings. The second kappa shape index (κ2) is 5.37. The Morgan fingerprint density at radius 3 is 2.13 bits per heavy atom. The van der Waals surface area contributed by atoms with Crippen LogP contribution in [0.5, 0.6) is 0 Å². The molecule has 0 fully saturated rings. The largest absolute Gasteiger partial charge is 0.270 e. The van der Waals surface area contributed by atoms with Crippen LogP contribution in [0.1, 0.15) is 0 Å². The van der Waals surface area contributed by atoms with Crippen LogP contribution in [0.15, 0.2) is 71.7 Å². The highest BCUT2D eigenvalue weighted by Crippen LogP contribution is 2.18. The number of halogens is 1. The Morgan fingerprint density at radius 1 is 0.870 bits per heavy atom. The number of benzene rings is 2. The van der Waals surface area contributed by atoms with E-state index in [-0.39, 0.29) is 10.8 Å². The summed E-state index contributed by atoms with van der Waals surface area (Å²) in [6.45, 7) is 0. The van der Waals surface area contributed by atoms with E-state index in [9.17, 15) is 4.79 Å². The normalized spacial score (nSPS) is 11.0. The molecule has 0 aliphatic heterocycles. The first kappa shape index (κ1) is 13.7. The van der Waals surface area contributed by atoms with E-state index >= 15 is 0 Å². The zero-order valence-electron chi connectivity index (χ0n) is 11.9. The van der Waals surface area contributed by atoms with Crippen LogP contribution in [0.3, 0.4) is 0 Å². The molecule has 0 aliphatic carbocycles. The topological polar surface area (TPSA) is 52.7 Å². The summed E-state index contributed by atoms with van der Waals surface area (Å²) in [5.41, 5.74) is 1.69. The molecule has 0 aliphatic rings. The number of rotatable bonds is 2. The van der Waals surface area contributed by atoms with Gasteiger partial charge < -0.3 is 0 Å². The van der Waals surface area contributed by atoms with E-state index in [4.69, 9.17) is 11.6 Å². The van der Waals surface area contributed by atoms with Gasteiger partial charge in [-0.15, -0.1) is 0 Å². The molecular weight excluding hydrogens is 312 g/mol. The van der Waals surface area contributed by atoms with E-state index in [0.29, 0.717) is 16.7 Å². The number of hydrogen-bond donors (Lipinski definition) is 0. The van der Waals surface area contributed by atoms with Gasteiger partial charge in [-0.1, -0.05) is 36.4 Å². The molecule has 4 rings (SSSR count). The highest BCUT2D eigenvalue weighted by Gasteiger charge is 2.15. The average molecular weight is 323 g/mol. The fourth-order valence-corrected chi connectivity index (χ4v) is 2.76. The maximum absolute atomic E-state index is 12.8. The summed E-state index contributed by atoms with van der Waals surface area (Å²) in [6.07, 6.45) is 1.52. The van der Waals surface area contributed by atoms with Crippen molar-refractivity contribution in [2.24, 2.45) is 0 Å². The molecule has 0 amide bonds. The Kier molecular flexibility index (Phi) is 3.20. The van der Waals surface area contributed by atoms with Crippen molar-refractivity contribution < 1.29 is 0 Å². The van der Waals surface area contributed by atoms with Crippen molar-refractivity contribution in [3.05, 3.63) is 82.5 Å². The molecule has 2 aromatic heterocycles. The Balaban J connectivity index is 2.00. The van der Waals surface area contributed by atoms with Crippen LogP contribution in [-0.4, -0.2) is 19.3 Å². The minimum atomic E-state index is -0.242. The van der Waals surface area contributed by atoms with E-state index in [1.54, 1.807) is 4.68 Å². The van der Waals surface area contributed by atoms with Crippen LogP contribution in [-0.2, 0) is 0 Å². The maximum atomic E-state index is 12.8. The van der Waals surface area contributed by atoms with Crippen molar-refractivity contribution in [3.63, 3.8) is 0 Å². The Bertz CT molecular complexity index is 1040. The molecule has 0 atom stereocenters. The lowest BCUT2D eigenvalue weighted by Gasteiger charge is -2.08. The van der Waals surface area contributed by atoms with Gasteiger partial charge in [0.1, 0.15) is 5.39 Å². The van der Waals surface area contributed by atoms with Crippen LogP contribution in [0, 0.1) is 0 Å². The van der Waals surface area contributed by atoms with Crippen LogP contribution in [0.2, 0.25) is 5.28 Å². The highest BCUT2D eigenvalue weighted by atomic mass is 35.5. The van der Waals surface area contributed by atoms with Crippen molar-refractivity contribution in [2.45, 2.75) is 0 Å². The first-order valence-corrected chi connectivity index (χ1v) is 7.40. The summed E-state index contributed by atoms with van der Waals surface area (Å²) < 4.78 is 2.98. The monoisotopic (exact) mass is 322 g/mol. The van der Waals surface area contributed by atoms with Crippen LogP contribution in [0.4, 0.5) is 0 Å². The standard InChI is InChI=1S/C17H11ClN4O/c18-17-20-15-14(11-19-22(15)13-9-5-2-6-10-13)16(23)21(17)12-7-3-1-4-8-12/h1-11H. The lowest BCUT2D eigenvalue weighted by Crippen LogP contribution is -2.20. The van der Waals surface area contributed by atoms with Gasteiger partial charge in [-0.25, -0.2) is 4.68 Å². The smallest absolute Gasteiger partial charge is 0.268 e. The molecule has 112 valence electrons. The zero-order valence-corrected chi connectivity index (χ0v) is 12.7. The van der Waals surface area contributed by atoms with Gasteiger partial charge in [0.25, 0.3) is 5.56 Å². The molecule has 0 bridgehead atoms. The number of hydrogen-bond acceptors (Lipinski definition) is 3. The molecule has 5 nitrogen and oxygen atoms in total. The van der Waals surface area contributed by atoms with Gasteiger partial charge in [-0.05, 0) is 35.9 Å². The number of aromatic nitrogens is 4. The van der Waals surface area contributed by atoms with Crippen molar-refractivity contribution in [3.8, 4) is 11.4 Å². The summed E-state index contributed by atoms with van der Waals surface area (Å²) in [7, 11) is 0. The first-order valence-electron chi connectivity index (χ1n) is 7.03. The molecule has 23 heavy (non-hydrogen) atoms. The number of fused-ring (bicyclic) bond motifs is 1. The third-order valence-electron chi connectivity index (χ3n) is 3.58. The summed E-state index contributed by atoms with van der Waals surface area (Å²) in [5.74, 6) is 0. The lowest BCUT2D eigenvalue weighted by molar-refractivity contribution is 0.886. The van der Waals surface area contributed by atoms with E-state index < -0.39 is 0 Å². The SMILES string of the molecule is O=c1c2cnn(-c3ccccc3)c2nc(Cl)n1-c1ccccc1. The zero-order chi connectivity index (χ0) is 15.8. The third-order valence-corrected chi connectivity index (χ3v) is 3.83.